The second-order valence-corrected chi connectivity index (χ2v) is 19.7. The normalized spacial score (nSPS) is 22.7. The van der Waals surface area contributed by atoms with Crippen LogP contribution < -0.4 is 9.64 Å². The van der Waals surface area contributed by atoms with E-state index in [4.69, 9.17) is 9.16 Å². The van der Waals surface area contributed by atoms with E-state index in [0.717, 1.165) is 74.9 Å². The van der Waals surface area contributed by atoms with Crippen molar-refractivity contribution in [2.45, 2.75) is 109 Å². The number of rotatable bonds is 9. The number of carbonyl (C=O) groups excluding carboxylic acids is 1. The second-order valence-electron chi connectivity index (χ2n) is 14.9. The standard InChI is InChI=1S/C36H53N5O3Si/c1-25-22-29(18-21-33(25)43-6)27-14-12-26(13-15-27)24-41(31-11-9-10-30(23-31)34-37-39-40(5)38-34)35(42)28-16-19-32(20-17-28)44-45(7,8)36(2,3)4/h9-11,18,21-23,26-28,32H,12-17,19-20,24H2,1-8H3. The topological polar surface area (TPSA) is 82.4 Å². The highest BCUT2D eigenvalue weighted by Gasteiger charge is 2.41. The van der Waals surface area contributed by atoms with Gasteiger partial charge in [-0.15, -0.1) is 10.2 Å². The molecule has 1 heterocycles. The fraction of sp³-hybridized carbons (Fsp3) is 0.611. The fourth-order valence-corrected chi connectivity index (χ4v) is 8.29. The molecule has 2 fully saturated rings. The summed E-state index contributed by atoms with van der Waals surface area (Å²) in [7, 11) is 1.66. The molecule has 0 saturated heterocycles. The third kappa shape index (κ3) is 7.85. The first kappa shape index (κ1) is 33.3. The van der Waals surface area contributed by atoms with Crippen molar-refractivity contribution in [3.63, 3.8) is 0 Å². The third-order valence-corrected chi connectivity index (χ3v) is 15.2. The number of aromatic nitrogens is 4. The molecule has 9 heteroatoms. The van der Waals surface area contributed by atoms with Crippen molar-refractivity contribution in [3.8, 4) is 17.1 Å². The van der Waals surface area contributed by atoms with Crippen LogP contribution in [-0.4, -0.2) is 54.2 Å². The number of amides is 1. The highest BCUT2D eigenvalue weighted by Crippen LogP contribution is 2.41. The minimum atomic E-state index is -1.84. The molecule has 2 aliphatic rings. The highest BCUT2D eigenvalue weighted by molar-refractivity contribution is 6.74. The maximum Gasteiger partial charge on any atom is 0.230 e. The summed E-state index contributed by atoms with van der Waals surface area (Å²) in [6.45, 7) is 14.4. The van der Waals surface area contributed by atoms with Gasteiger partial charge in [-0.25, -0.2) is 0 Å². The smallest absolute Gasteiger partial charge is 0.230 e. The van der Waals surface area contributed by atoms with Gasteiger partial charge < -0.3 is 14.1 Å². The molecule has 2 aliphatic carbocycles. The van der Waals surface area contributed by atoms with Gasteiger partial charge in [0, 0.05) is 29.8 Å². The lowest BCUT2D eigenvalue weighted by Gasteiger charge is -2.41. The van der Waals surface area contributed by atoms with Crippen molar-refractivity contribution in [3.05, 3.63) is 53.6 Å². The molecule has 0 radical (unpaired) electrons. The van der Waals surface area contributed by atoms with Crippen LogP contribution in [0.5, 0.6) is 5.75 Å². The van der Waals surface area contributed by atoms with Crippen molar-refractivity contribution in [1.82, 2.24) is 20.2 Å². The lowest BCUT2D eigenvalue weighted by Crippen LogP contribution is -2.46. The Labute approximate surface area is 271 Å². The van der Waals surface area contributed by atoms with E-state index in [9.17, 15) is 4.79 Å². The van der Waals surface area contributed by atoms with E-state index in [0.29, 0.717) is 17.7 Å². The molecule has 0 N–H and O–H groups in total. The minimum Gasteiger partial charge on any atom is -0.496 e. The summed E-state index contributed by atoms with van der Waals surface area (Å²) in [4.78, 5) is 17.9. The zero-order valence-electron chi connectivity index (χ0n) is 28.7. The van der Waals surface area contributed by atoms with E-state index in [1.165, 1.54) is 15.9 Å². The monoisotopic (exact) mass is 631 g/mol. The number of ether oxygens (including phenoxy) is 1. The molecule has 8 nitrogen and oxygen atoms in total. The maximum atomic E-state index is 14.4. The van der Waals surface area contributed by atoms with Gasteiger partial charge in [0.15, 0.2) is 8.32 Å². The summed E-state index contributed by atoms with van der Waals surface area (Å²) < 4.78 is 12.2. The van der Waals surface area contributed by atoms with Gasteiger partial charge in [-0.1, -0.05) is 45.0 Å². The molecule has 0 bridgehead atoms. The van der Waals surface area contributed by atoms with E-state index in [1.807, 2.05) is 12.1 Å². The number of anilines is 1. The number of benzene rings is 2. The van der Waals surface area contributed by atoms with Crippen LogP contribution in [0.1, 0.15) is 89.2 Å². The molecule has 0 unspecified atom stereocenters. The Kier molecular flexibility index (Phi) is 10.2. The second kappa shape index (κ2) is 13.8. The van der Waals surface area contributed by atoms with Crippen molar-refractivity contribution in [2.24, 2.45) is 18.9 Å². The average molecular weight is 632 g/mol. The van der Waals surface area contributed by atoms with Crippen molar-refractivity contribution >= 4 is 19.9 Å². The Bertz CT molecular complexity index is 1450. The van der Waals surface area contributed by atoms with Gasteiger partial charge in [0.25, 0.3) is 0 Å². The van der Waals surface area contributed by atoms with E-state index >= 15 is 0 Å². The number of nitrogens with zero attached hydrogens (tertiary/aromatic N) is 5. The van der Waals surface area contributed by atoms with Crippen molar-refractivity contribution < 1.29 is 14.0 Å². The van der Waals surface area contributed by atoms with Crippen LogP contribution in [0.25, 0.3) is 11.4 Å². The SMILES string of the molecule is COc1ccc(C2CCC(CN(C(=O)C3CCC(O[Si](C)(C)C(C)(C)C)CC3)c3cccc(-c4nnn(C)n4)c3)CC2)cc1C. The molecule has 5 rings (SSSR count). The number of aryl methyl sites for hydroxylation is 2. The largest absolute Gasteiger partial charge is 0.496 e. The van der Waals surface area contributed by atoms with Crippen LogP contribution in [0, 0.1) is 18.8 Å². The van der Waals surface area contributed by atoms with E-state index in [1.54, 1.807) is 14.2 Å². The van der Waals surface area contributed by atoms with E-state index in [-0.39, 0.29) is 23.0 Å². The molecule has 45 heavy (non-hydrogen) atoms. The van der Waals surface area contributed by atoms with Gasteiger partial charge in [-0.2, -0.15) is 4.80 Å². The predicted molar refractivity (Wildman–Crippen MR) is 183 cm³/mol. The molecule has 2 aromatic carbocycles. The van der Waals surface area contributed by atoms with E-state index < -0.39 is 8.32 Å². The number of methoxy groups -OCH3 is 1. The molecule has 0 aliphatic heterocycles. The Hall–Kier alpha value is -3.04. The Morgan fingerprint density at radius 2 is 1.71 bits per heavy atom. The Balaban J connectivity index is 1.30. The maximum absolute atomic E-state index is 14.4. The van der Waals surface area contributed by atoms with Crippen molar-refractivity contribution in [2.75, 3.05) is 18.6 Å². The summed E-state index contributed by atoms with van der Waals surface area (Å²) in [6, 6.07) is 14.7. The lowest BCUT2D eigenvalue weighted by atomic mass is 9.78. The first-order chi connectivity index (χ1) is 21.3. The summed E-state index contributed by atoms with van der Waals surface area (Å²) in [6.07, 6.45) is 8.41. The predicted octanol–water partition coefficient (Wildman–Crippen LogP) is 8.08. The molecule has 1 aromatic heterocycles. The molecule has 3 aromatic rings. The van der Waals surface area contributed by atoms with Crippen LogP contribution in [0.3, 0.4) is 0 Å². The molecular formula is C36H53N5O3Si. The van der Waals surface area contributed by atoms with E-state index in [2.05, 4.69) is 91.4 Å². The Morgan fingerprint density at radius 3 is 2.31 bits per heavy atom. The van der Waals surface area contributed by atoms with Crippen LogP contribution >= 0.6 is 0 Å². The van der Waals surface area contributed by atoms with Crippen LogP contribution in [0.4, 0.5) is 5.69 Å². The number of carbonyl (C=O) groups is 1. The fourth-order valence-electron chi connectivity index (χ4n) is 6.87. The average Bonchev–Trinajstić information content (AvgIpc) is 3.46. The number of tetrazole rings is 1. The highest BCUT2D eigenvalue weighted by atomic mass is 28.4. The molecule has 0 atom stereocenters. The first-order valence-corrected chi connectivity index (χ1v) is 19.7. The molecule has 0 spiro atoms. The minimum absolute atomic E-state index is 0.0150. The van der Waals surface area contributed by atoms with Crippen LogP contribution in [0.15, 0.2) is 42.5 Å². The van der Waals surface area contributed by atoms with Gasteiger partial charge in [-0.05, 0) is 123 Å². The van der Waals surface area contributed by atoms with Gasteiger partial charge in [0.1, 0.15) is 5.75 Å². The summed E-state index contributed by atoms with van der Waals surface area (Å²) in [5, 5.41) is 12.8. The van der Waals surface area contributed by atoms with Crippen LogP contribution in [-0.2, 0) is 16.3 Å². The number of hydrogen-bond acceptors (Lipinski definition) is 6. The van der Waals surface area contributed by atoms with Crippen molar-refractivity contribution in [1.29, 1.82) is 0 Å². The number of hydrogen-bond donors (Lipinski definition) is 0. The third-order valence-electron chi connectivity index (χ3n) is 10.7. The quantitative estimate of drug-likeness (QED) is 0.222. The first-order valence-electron chi connectivity index (χ1n) is 16.8. The zero-order chi connectivity index (χ0) is 32.4. The Morgan fingerprint density at radius 1 is 1.00 bits per heavy atom. The van der Waals surface area contributed by atoms with Gasteiger partial charge in [-0.3, -0.25) is 4.79 Å². The summed E-state index contributed by atoms with van der Waals surface area (Å²) >= 11 is 0. The molecule has 2 saturated carbocycles. The summed E-state index contributed by atoms with van der Waals surface area (Å²) in [5.74, 6) is 2.80. The van der Waals surface area contributed by atoms with Gasteiger partial charge >= 0.3 is 0 Å². The van der Waals surface area contributed by atoms with Gasteiger partial charge in [0.05, 0.1) is 14.2 Å². The summed E-state index contributed by atoms with van der Waals surface area (Å²) in [5.41, 5.74) is 4.40. The molecule has 244 valence electrons. The zero-order valence-corrected chi connectivity index (χ0v) is 29.7. The molecule has 1 amide bonds. The lowest BCUT2D eigenvalue weighted by molar-refractivity contribution is -0.124. The van der Waals surface area contributed by atoms with Gasteiger partial charge in [0.2, 0.25) is 11.7 Å². The molecular weight excluding hydrogens is 579 g/mol. The van der Waals surface area contributed by atoms with Crippen LogP contribution in [0.2, 0.25) is 18.1 Å².